The predicted molar refractivity (Wildman–Crippen MR) is 75.1 cm³/mol. The molecule has 0 aliphatic heterocycles. The quantitative estimate of drug-likeness (QED) is 0.131. The van der Waals surface area contributed by atoms with E-state index in [1.54, 1.807) is 0 Å². The van der Waals surface area contributed by atoms with Gasteiger partial charge in [-0.15, -0.1) is 0 Å². The first kappa shape index (κ1) is 23.6. The van der Waals surface area contributed by atoms with E-state index in [2.05, 4.69) is 6.58 Å². The van der Waals surface area contributed by atoms with Crippen molar-refractivity contribution >= 4 is 55.6 Å². The number of rotatable bonds is 10. The number of hydrogen-bond acceptors (Lipinski definition) is 7. The maximum atomic E-state index is 11.6. The molecule has 0 amide bonds. The van der Waals surface area contributed by atoms with Crippen molar-refractivity contribution in [3.63, 3.8) is 0 Å². The van der Waals surface area contributed by atoms with Crippen LogP contribution in [0.4, 0.5) is 0 Å². The first-order valence-electron chi connectivity index (χ1n) is 5.86. The average Bonchev–Trinajstić information content (AvgIpc) is 2.45. The largest absolute Gasteiger partial charge is 2.00 e. The van der Waals surface area contributed by atoms with Gasteiger partial charge in [-0.05, 0) is 0 Å². The fraction of sp³-hybridized carbons (Fsp3) is 0.583. The minimum absolute atomic E-state index is 0. The van der Waals surface area contributed by atoms with E-state index in [9.17, 15) is 14.4 Å². The number of esters is 1. The van der Waals surface area contributed by atoms with Crippen molar-refractivity contribution in [2.75, 3.05) is 26.4 Å². The van der Waals surface area contributed by atoms with Crippen LogP contribution >= 0.6 is 0 Å². The van der Waals surface area contributed by atoms with E-state index in [0.29, 0.717) is 0 Å². The Morgan fingerprint density at radius 1 is 1.05 bits per heavy atom. The van der Waals surface area contributed by atoms with Gasteiger partial charge in [-0.25, -0.2) is 4.79 Å². The van der Waals surface area contributed by atoms with Gasteiger partial charge in [0.25, 0.3) is 0 Å². The molecule has 124 valence electrons. The number of aliphatic hydroxyl groups is 3. The van der Waals surface area contributed by atoms with E-state index in [1.807, 2.05) is 0 Å². The van der Waals surface area contributed by atoms with Gasteiger partial charge in [-0.2, -0.15) is 0 Å². The molecule has 0 bridgehead atoms. The molecular formula is C12H20CaO9. The van der Waals surface area contributed by atoms with E-state index < -0.39 is 62.1 Å². The topological polar surface area (TPSA) is 162 Å². The number of aliphatic carboxylic acids is 2. The van der Waals surface area contributed by atoms with Crippen LogP contribution in [-0.2, 0) is 19.1 Å². The van der Waals surface area contributed by atoms with Crippen LogP contribution in [0, 0.1) is 11.3 Å². The second-order valence-corrected chi connectivity index (χ2v) is 4.59. The third-order valence-corrected chi connectivity index (χ3v) is 2.85. The van der Waals surface area contributed by atoms with Gasteiger partial charge in [-0.1, -0.05) is 6.58 Å². The molecule has 0 saturated carbocycles. The van der Waals surface area contributed by atoms with Gasteiger partial charge in [0.05, 0.1) is 25.2 Å². The number of carbonyl (C=O) groups is 3. The molecule has 0 aliphatic carbocycles. The molecule has 10 heteroatoms. The van der Waals surface area contributed by atoms with Crippen LogP contribution in [0.15, 0.2) is 12.2 Å². The number of aliphatic hydroxyl groups excluding tert-OH is 3. The van der Waals surface area contributed by atoms with Gasteiger partial charge < -0.3 is 33.1 Å². The van der Waals surface area contributed by atoms with Crippen molar-refractivity contribution in [1.82, 2.24) is 0 Å². The smallest absolute Gasteiger partial charge is 1.00 e. The number of carboxylic acid groups (broad SMARTS) is 2. The summed E-state index contributed by atoms with van der Waals surface area (Å²) in [5.74, 6) is -6.13. The van der Waals surface area contributed by atoms with Crippen LogP contribution in [0.5, 0.6) is 0 Å². The molecule has 0 spiro atoms. The minimum atomic E-state index is -1.83. The maximum absolute atomic E-state index is 11.6. The van der Waals surface area contributed by atoms with Gasteiger partial charge in [0, 0.05) is 12.0 Å². The predicted octanol–water partition coefficient (Wildman–Crippen LogP) is -1.93. The molecule has 0 radical (unpaired) electrons. The molecule has 0 aromatic rings. The summed E-state index contributed by atoms with van der Waals surface area (Å²) in [4.78, 5) is 32.9. The van der Waals surface area contributed by atoms with Crippen molar-refractivity contribution in [3.05, 3.63) is 12.2 Å². The molecule has 0 aliphatic rings. The van der Waals surface area contributed by atoms with E-state index in [0.717, 1.165) is 0 Å². The summed E-state index contributed by atoms with van der Waals surface area (Å²) in [7, 11) is 0. The summed E-state index contributed by atoms with van der Waals surface area (Å²) >= 11 is 0. The number of carboxylic acids is 2. The Morgan fingerprint density at radius 3 is 1.77 bits per heavy atom. The van der Waals surface area contributed by atoms with E-state index in [1.165, 1.54) is 0 Å². The summed E-state index contributed by atoms with van der Waals surface area (Å²) in [5.41, 5.74) is -1.82. The molecule has 0 saturated heterocycles. The number of carbonyl (C=O) groups excluding carboxylic acids is 1. The standard InChI is InChI=1S/C12H18O9.Ca.2H/c1-7(2-8(9(16)17)10(18)19)11(20)21-6-12(3-13,4-14)5-15;;;/h8,13-15H,1-6H2,(H,16,17)(H,18,19);;;/q;+2;2*-1. The van der Waals surface area contributed by atoms with E-state index in [4.69, 9.17) is 30.3 Å². The first-order chi connectivity index (χ1) is 9.72. The Hall–Kier alpha value is -0.710. The van der Waals surface area contributed by atoms with Crippen molar-refractivity contribution in [2.24, 2.45) is 11.3 Å². The summed E-state index contributed by atoms with van der Waals surface area (Å²) in [6, 6.07) is 0. The van der Waals surface area contributed by atoms with Gasteiger partial charge in [0.15, 0.2) is 5.92 Å². The van der Waals surface area contributed by atoms with Gasteiger partial charge in [0.2, 0.25) is 0 Å². The SMILES string of the molecule is C=C(CC(C(=O)O)C(=O)O)C(=O)OCC(CO)(CO)CO.[Ca+2].[H-].[H-]. The summed E-state index contributed by atoms with van der Waals surface area (Å²) in [6.45, 7) is 0.781. The summed E-state index contributed by atoms with van der Waals surface area (Å²) in [6.07, 6.45) is -0.645. The molecule has 0 rings (SSSR count). The summed E-state index contributed by atoms with van der Waals surface area (Å²) in [5, 5.41) is 44.4. The molecule has 0 heterocycles. The monoisotopic (exact) mass is 348 g/mol. The molecule has 9 nitrogen and oxygen atoms in total. The summed E-state index contributed by atoms with van der Waals surface area (Å²) < 4.78 is 4.70. The Labute approximate surface area is 159 Å². The molecular weight excluding hydrogens is 328 g/mol. The Morgan fingerprint density at radius 2 is 1.45 bits per heavy atom. The van der Waals surface area contributed by atoms with Crippen molar-refractivity contribution in [2.45, 2.75) is 6.42 Å². The van der Waals surface area contributed by atoms with Crippen LogP contribution in [0.3, 0.4) is 0 Å². The van der Waals surface area contributed by atoms with Gasteiger partial charge in [0.1, 0.15) is 6.61 Å². The van der Waals surface area contributed by atoms with Crippen LogP contribution in [0.25, 0.3) is 0 Å². The van der Waals surface area contributed by atoms with Crippen LogP contribution in [0.2, 0.25) is 0 Å². The Balaban J connectivity index is -0.000000667. The van der Waals surface area contributed by atoms with Crippen LogP contribution < -0.4 is 0 Å². The molecule has 0 aromatic heterocycles. The van der Waals surface area contributed by atoms with Crippen molar-refractivity contribution in [1.29, 1.82) is 0 Å². The molecule has 5 N–H and O–H groups in total. The first-order valence-corrected chi connectivity index (χ1v) is 5.86. The van der Waals surface area contributed by atoms with Crippen molar-refractivity contribution < 1.29 is 47.5 Å². The fourth-order valence-corrected chi connectivity index (χ4v) is 1.22. The zero-order valence-corrected chi connectivity index (χ0v) is 14.1. The zero-order valence-electron chi connectivity index (χ0n) is 13.9. The molecule has 0 fully saturated rings. The number of ether oxygens (including phenoxy) is 1. The molecule has 0 aromatic carbocycles. The Kier molecular flexibility index (Phi) is 11.7. The average molecular weight is 348 g/mol. The van der Waals surface area contributed by atoms with Crippen molar-refractivity contribution in [3.8, 4) is 0 Å². The normalized spacial score (nSPS) is 10.7. The van der Waals surface area contributed by atoms with E-state index in [-0.39, 0.29) is 46.2 Å². The molecule has 22 heavy (non-hydrogen) atoms. The second kappa shape index (κ2) is 10.9. The zero-order chi connectivity index (χ0) is 16.6. The van der Waals surface area contributed by atoms with Crippen LogP contribution in [0.1, 0.15) is 9.27 Å². The van der Waals surface area contributed by atoms with E-state index >= 15 is 0 Å². The molecule has 0 unspecified atom stereocenters. The minimum Gasteiger partial charge on any atom is -1.00 e. The molecule has 0 atom stereocenters. The van der Waals surface area contributed by atoms with Gasteiger partial charge in [-0.3, -0.25) is 9.59 Å². The van der Waals surface area contributed by atoms with Crippen LogP contribution in [-0.4, -0.2) is 108 Å². The Bertz CT molecular complexity index is 404. The second-order valence-electron chi connectivity index (χ2n) is 4.59. The third-order valence-electron chi connectivity index (χ3n) is 2.85. The fourth-order valence-electron chi connectivity index (χ4n) is 1.22. The number of hydrogen-bond donors (Lipinski definition) is 5. The third kappa shape index (κ3) is 7.03. The van der Waals surface area contributed by atoms with Gasteiger partial charge >= 0.3 is 55.6 Å². The maximum Gasteiger partial charge on any atom is 2.00 e.